The molecule has 6 nitrogen and oxygen atoms in total. The topological polar surface area (TPSA) is 91.6 Å². The first kappa shape index (κ1) is 27.2. The highest BCUT2D eigenvalue weighted by Gasteiger charge is 2.37. The Balaban J connectivity index is 0.000000722. The number of nitrogens with one attached hydrogen (secondary N) is 1. The number of hydrogen-bond acceptors (Lipinski definition) is 6. The molecule has 166 valence electrons. The van der Waals surface area contributed by atoms with Crippen LogP contribution >= 0.6 is 10.7 Å². The molecule has 1 atom stereocenters. The van der Waals surface area contributed by atoms with Gasteiger partial charge in [0, 0.05) is 50.6 Å². The van der Waals surface area contributed by atoms with Gasteiger partial charge in [-0.05, 0) is 58.4 Å². The summed E-state index contributed by atoms with van der Waals surface area (Å²) in [6.45, 7) is 12.6. The fourth-order valence-electron chi connectivity index (χ4n) is 2.65. The van der Waals surface area contributed by atoms with Crippen LogP contribution in [0.25, 0.3) is 0 Å². The molecular weight excluding hydrogens is 382 g/mol. The summed E-state index contributed by atoms with van der Waals surface area (Å²) in [6, 6.07) is 0. The number of ether oxygens (including phenoxy) is 1. The maximum absolute atomic E-state index is 7.95. The normalized spacial score (nSPS) is 20.2. The highest BCUT2D eigenvalue weighted by atomic mass is 32.2. The maximum Gasteiger partial charge on any atom is 0.0950 e. The highest BCUT2D eigenvalue weighted by molar-refractivity contribution is 8.11. The predicted octanol–water partition coefficient (Wildman–Crippen LogP) is 3.14. The van der Waals surface area contributed by atoms with Crippen LogP contribution < -0.4 is 11.5 Å². The number of nitrogens with two attached hydrogens (primary N) is 2. The van der Waals surface area contributed by atoms with Crippen LogP contribution in [-0.2, 0) is 4.74 Å². The molecule has 0 aromatic rings. The van der Waals surface area contributed by atoms with Gasteiger partial charge in [-0.1, -0.05) is 5.87 Å². The summed E-state index contributed by atoms with van der Waals surface area (Å²) in [7, 11) is 0.0896. The number of nitrogens with zero attached hydrogens (tertiary/aromatic N) is 2. The molecule has 1 saturated carbocycles. The largest absolute Gasteiger partial charge is 0.402 e. The molecule has 2 fully saturated rings. The van der Waals surface area contributed by atoms with Crippen LogP contribution in [0, 0.1) is 18.3 Å². The Labute approximate surface area is 180 Å². The first-order chi connectivity index (χ1) is 13.6. The molecule has 0 aromatic heterocycles. The average Bonchev–Trinajstić information content (AvgIpc) is 3.44. The van der Waals surface area contributed by atoms with Gasteiger partial charge >= 0.3 is 0 Å². The van der Waals surface area contributed by atoms with Crippen molar-refractivity contribution in [3.8, 4) is 12.8 Å². The Bertz CT molecular complexity index is 622. The predicted molar refractivity (Wildman–Crippen MR) is 130 cm³/mol. The van der Waals surface area contributed by atoms with Crippen molar-refractivity contribution in [2.75, 3.05) is 39.0 Å². The minimum Gasteiger partial charge on any atom is -0.402 e. The number of hydrogen-bond donors (Lipinski definition) is 3. The summed E-state index contributed by atoms with van der Waals surface area (Å²) < 4.78 is 7.71. The molecule has 0 spiro atoms. The lowest BCUT2D eigenvalue weighted by Gasteiger charge is -2.36. The van der Waals surface area contributed by atoms with Gasteiger partial charge in [0.25, 0.3) is 0 Å². The average molecular weight is 424 g/mol. The molecule has 29 heavy (non-hydrogen) atoms. The van der Waals surface area contributed by atoms with Gasteiger partial charge in [-0.2, -0.15) is 0 Å². The van der Waals surface area contributed by atoms with Gasteiger partial charge < -0.3 is 26.5 Å². The van der Waals surface area contributed by atoms with Gasteiger partial charge in [-0.15, -0.1) is 23.5 Å². The van der Waals surface area contributed by atoms with Crippen molar-refractivity contribution in [3.05, 3.63) is 23.2 Å². The summed E-state index contributed by atoms with van der Waals surface area (Å²) in [5.41, 5.74) is 14.2. The third-order valence-corrected chi connectivity index (χ3v) is 6.30. The molecule has 0 radical (unpaired) electrons. The van der Waals surface area contributed by atoms with E-state index in [4.69, 9.17) is 21.6 Å². The molecule has 2 aliphatic rings. The van der Waals surface area contributed by atoms with Gasteiger partial charge in [0.05, 0.1) is 11.4 Å². The summed E-state index contributed by atoms with van der Waals surface area (Å²) in [4.78, 5) is 2.17. The molecule has 5 N–H and O–H groups in total. The van der Waals surface area contributed by atoms with E-state index in [1.807, 2.05) is 26.8 Å². The lowest BCUT2D eigenvalue weighted by atomic mass is 10.1. The zero-order valence-electron chi connectivity index (χ0n) is 19.0. The van der Waals surface area contributed by atoms with E-state index in [1.54, 1.807) is 0 Å². The molecule has 1 saturated heterocycles. The van der Waals surface area contributed by atoms with Crippen molar-refractivity contribution in [1.82, 2.24) is 9.21 Å². The Morgan fingerprint density at radius 1 is 1.21 bits per heavy atom. The fraction of sp³-hybridized carbons (Fsp3) is 0.636. The van der Waals surface area contributed by atoms with Crippen LogP contribution in [-0.4, -0.2) is 65.4 Å². The van der Waals surface area contributed by atoms with Gasteiger partial charge in [0.1, 0.15) is 0 Å². The Kier molecular flexibility index (Phi) is 12.7. The smallest absolute Gasteiger partial charge is 0.0950 e. The number of terminal acetylenes is 1. The minimum atomic E-state index is 0.0896. The zero-order chi connectivity index (χ0) is 22.6. The zero-order valence-corrected chi connectivity index (χ0v) is 19.8. The van der Waals surface area contributed by atoms with Crippen LogP contribution in [0.4, 0.5) is 0 Å². The molecule has 1 aliphatic heterocycles. The molecule has 1 aliphatic carbocycles. The van der Waals surface area contributed by atoms with E-state index < -0.39 is 0 Å². The first-order valence-corrected chi connectivity index (χ1v) is 11.7. The molecule has 1 unspecified atom stereocenters. The molecular formula is C22H41N5OS. The fourth-order valence-corrected chi connectivity index (χ4v) is 3.44. The van der Waals surface area contributed by atoms with E-state index >= 15 is 0 Å². The van der Waals surface area contributed by atoms with E-state index in [2.05, 4.69) is 41.1 Å². The summed E-state index contributed by atoms with van der Waals surface area (Å²) in [6.07, 6.45) is 15.1. The maximum atomic E-state index is 7.95. The van der Waals surface area contributed by atoms with Crippen molar-refractivity contribution in [2.24, 2.45) is 11.5 Å². The first-order valence-electron chi connectivity index (χ1n) is 9.99. The third-order valence-electron chi connectivity index (χ3n) is 5.05. The van der Waals surface area contributed by atoms with E-state index in [1.165, 1.54) is 12.8 Å². The van der Waals surface area contributed by atoms with Crippen molar-refractivity contribution < 1.29 is 4.74 Å². The summed E-state index contributed by atoms with van der Waals surface area (Å²) in [5.74, 6) is 4.83. The van der Waals surface area contributed by atoms with E-state index in [-0.39, 0.29) is 10.7 Å². The second-order valence-corrected chi connectivity index (χ2v) is 9.24. The molecule has 7 heteroatoms. The van der Waals surface area contributed by atoms with Gasteiger partial charge in [0.2, 0.25) is 0 Å². The number of rotatable bonds is 7. The third kappa shape index (κ3) is 10.6. The molecule has 2 rings (SSSR count). The van der Waals surface area contributed by atoms with Crippen LogP contribution in [0.5, 0.6) is 0 Å². The second-order valence-electron chi connectivity index (χ2n) is 7.52. The van der Waals surface area contributed by atoms with E-state index in [0.717, 1.165) is 44.2 Å². The molecule has 0 bridgehead atoms. The van der Waals surface area contributed by atoms with E-state index in [0.29, 0.717) is 23.4 Å². The van der Waals surface area contributed by atoms with Gasteiger partial charge in [0.15, 0.2) is 0 Å². The quantitative estimate of drug-likeness (QED) is 0.332. The lowest BCUT2D eigenvalue weighted by molar-refractivity contribution is 0.0564. The summed E-state index contributed by atoms with van der Waals surface area (Å²) in [5, 5.41) is 7.95. The monoisotopic (exact) mass is 423 g/mol. The highest BCUT2D eigenvalue weighted by Crippen LogP contribution is 2.38. The molecule has 0 amide bonds. The molecule has 1 heterocycles. The van der Waals surface area contributed by atoms with Crippen LogP contribution in [0.15, 0.2) is 23.2 Å². The van der Waals surface area contributed by atoms with Crippen LogP contribution in [0.3, 0.4) is 0 Å². The van der Waals surface area contributed by atoms with Crippen molar-refractivity contribution >= 4 is 22.3 Å². The minimum absolute atomic E-state index is 0.0896. The lowest BCUT2D eigenvalue weighted by Crippen LogP contribution is -2.44. The summed E-state index contributed by atoms with van der Waals surface area (Å²) >= 11 is 0. The van der Waals surface area contributed by atoms with Crippen molar-refractivity contribution in [2.45, 2.75) is 52.6 Å². The SMILES string of the molecule is C#C.C=S(C)N1CCN(/C(N)=C/CC(=N)/C(C)=C(/C)N)CC1.CCOC1(C)CC1. The second kappa shape index (κ2) is 13.5. The van der Waals surface area contributed by atoms with E-state index in [9.17, 15) is 0 Å². The van der Waals surface area contributed by atoms with Crippen molar-refractivity contribution in [1.29, 1.82) is 5.41 Å². The van der Waals surface area contributed by atoms with Crippen LogP contribution in [0.1, 0.15) is 47.0 Å². The Hall–Kier alpha value is -1.75. The Morgan fingerprint density at radius 2 is 1.72 bits per heavy atom. The van der Waals surface area contributed by atoms with Gasteiger partial charge in [-0.25, -0.2) is 0 Å². The number of piperazine rings is 1. The van der Waals surface area contributed by atoms with Crippen LogP contribution in [0.2, 0.25) is 0 Å². The van der Waals surface area contributed by atoms with Gasteiger partial charge in [-0.3, -0.25) is 4.31 Å². The number of allylic oxidation sites excluding steroid dienone is 3. The Morgan fingerprint density at radius 3 is 2.07 bits per heavy atom. The standard InChI is InChI=1S/C14H27N5S.C6H12O.C2H2/c1-11(12(2)15)13(16)5-6-14(17)18-7-9-19(10-8-18)20(3)4;1-3-7-6(2)4-5-6;1-2/h6,16H,3,5,7-10,15,17H2,1-2,4H3;3-5H2,1-2H3;1-2H/b12-11-,14-6+,16-13?;;. The van der Waals surface area contributed by atoms with Crippen molar-refractivity contribution in [3.63, 3.8) is 0 Å². The molecule has 0 aromatic carbocycles.